The molecule has 0 bridgehead atoms. The molecule has 12 aromatic carbocycles. The molecule has 12 rings (SSSR count). The third-order valence-corrected chi connectivity index (χ3v) is 20.3. The number of benzene rings is 12. The molecule has 0 amide bonds. The Hall–Kier alpha value is -9.51. The fourth-order valence-corrected chi connectivity index (χ4v) is 16.3. The van der Waals surface area contributed by atoms with Crippen molar-refractivity contribution in [1.82, 2.24) is 0 Å². The van der Waals surface area contributed by atoms with Crippen molar-refractivity contribution in [3.05, 3.63) is 335 Å². The number of carboxylic acid groups (broad SMARTS) is 3. The van der Waals surface area contributed by atoms with Crippen molar-refractivity contribution in [3.63, 3.8) is 0 Å². The van der Waals surface area contributed by atoms with E-state index in [1.165, 1.54) is 149 Å². The summed E-state index contributed by atoms with van der Waals surface area (Å²) >= 11 is 0. The van der Waals surface area contributed by atoms with Crippen LogP contribution < -0.4 is 64.5 Å². The summed E-state index contributed by atoms with van der Waals surface area (Å²) in [5, 5.41) is 40.2. The number of aliphatic hydroxyl groups is 1. The van der Waals surface area contributed by atoms with Gasteiger partial charge in [-0.15, -0.1) is 0 Å². The summed E-state index contributed by atoms with van der Waals surface area (Å²) in [6, 6.07) is 74.0. The number of hydrogen-bond donors (Lipinski definition) is 1. The zero-order chi connectivity index (χ0) is 75.7. The average Bonchev–Trinajstić information content (AvgIpc) is 0.776. The van der Waals surface area contributed by atoms with Crippen molar-refractivity contribution in [3.8, 4) is 33.4 Å². The van der Waals surface area contributed by atoms with Gasteiger partial charge in [-0.1, -0.05) is 368 Å². The van der Waals surface area contributed by atoms with Crippen molar-refractivity contribution in [2.24, 2.45) is 0 Å². The third kappa shape index (κ3) is 19.0. The summed E-state index contributed by atoms with van der Waals surface area (Å²) in [5.41, 5.74) is 42.1. The Labute approximate surface area is 655 Å². The van der Waals surface area contributed by atoms with Crippen LogP contribution in [0.5, 0.6) is 0 Å². The van der Waals surface area contributed by atoms with E-state index in [0.717, 1.165) is 40.5 Å². The Morgan fingerprint density at radius 3 is 0.448 bits per heavy atom. The number of aliphatic hydroxyl groups excluding tert-OH is 1. The zero-order valence-electron chi connectivity index (χ0n) is 64.2. The Balaban J connectivity index is 0.000000196. The predicted molar refractivity (Wildman–Crippen MR) is 435 cm³/mol. The molecule has 0 aliphatic rings. The molecular formula is C94H94B3O7Tb. The van der Waals surface area contributed by atoms with Gasteiger partial charge in [0.15, 0.2) is 0 Å². The molecule has 105 heavy (non-hydrogen) atoms. The number of aryl methyl sites for hydroxylation is 18. The van der Waals surface area contributed by atoms with Crippen LogP contribution >= 0.6 is 0 Å². The van der Waals surface area contributed by atoms with Gasteiger partial charge in [-0.3, -0.25) is 0 Å². The first-order chi connectivity index (χ1) is 49.5. The quantitative estimate of drug-likeness (QED) is 0.101. The molecule has 0 saturated carbocycles. The van der Waals surface area contributed by atoms with Gasteiger partial charge in [0.25, 0.3) is 0 Å². The molecule has 1 N–H and O–H groups in total. The molecule has 530 valence electrons. The molecule has 0 heterocycles. The first kappa shape index (κ1) is 81.2. The SMILES string of the molecule is CO.Cc1cc(C)c(B(c2ccc(-c3ccc(C(=O)[O-])cc3)cc2)c2c(C)cc(C)cc2C)c(C)c1.Cc1cc(C)c(B(c2ccc(-c3ccc(C(=O)[O-])cc3)cc2)c2c(C)cc(C)cc2C)c(C)c1.Cc1cc(C)c(B(c2ccc(-c3ccc(C(=O)[O-])cc3)cc2)c2c(C)cc(C)cc2C)c(C)c1.[Tb+3]. The topological polar surface area (TPSA) is 141 Å². The minimum Gasteiger partial charge on any atom is -0.545 e. The summed E-state index contributed by atoms with van der Waals surface area (Å²) in [4.78, 5) is 33.2. The molecule has 0 fully saturated rings. The van der Waals surface area contributed by atoms with Crippen LogP contribution in [0.15, 0.2) is 218 Å². The normalized spacial score (nSPS) is 10.6. The number of hydrogen-bond acceptors (Lipinski definition) is 7. The molecule has 0 unspecified atom stereocenters. The van der Waals surface area contributed by atoms with E-state index in [0.29, 0.717) is 0 Å². The molecular weight excluding hydrogens is 1430 g/mol. The standard InChI is InChI=1S/3C31H31BO2.CH4O.Tb/c3*1-19-15-21(3)29(22(4)16-19)32(30-23(5)17-20(2)18-24(30)6)28-13-11-26(12-14-28)25-7-9-27(10-8-25)31(33)34;1-2;/h3*7-18H,1-6H3,(H,33,34);2H,1H3;/q;;;;+3/p-3. The van der Waals surface area contributed by atoms with Crippen molar-refractivity contribution in [2.75, 3.05) is 7.11 Å². The molecule has 0 atom stereocenters. The van der Waals surface area contributed by atoms with Crippen molar-refractivity contribution in [2.45, 2.75) is 125 Å². The summed E-state index contributed by atoms with van der Waals surface area (Å²) in [6.45, 7) is 39.9. The molecule has 7 nitrogen and oxygen atoms in total. The van der Waals surface area contributed by atoms with Crippen molar-refractivity contribution >= 4 is 87.2 Å². The maximum Gasteiger partial charge on any atom is 3.00 e. The molecule has 0 aliphatic carbocycles. The average molecular weight is 1530 g/mol. The number of carbonyl (C=O) groups excluding carboxylic acids is 3. The van der Waals surface area contributed by atoms with Crippen molar-refractivity contribution in [1.29, 1.82) is 0 Å². The van der Waals surface area contributed by atoms with Gasteiger partial charge in [0.1, 0.15) is 0 Å². The summed E-state index contributed by atoms with van der Waals surface area (Å²) in [6.07, 6.45) is 0. The third-order valence-electron chi connectivity index (χ3n) is 20.3. The van der Waals surface area contributed by atoms with Gasteiger partial charge in [0.05, 0.1) is 17.9 Å². The van der Waals surface area contributed by atoms with Gasteiger partial charge in [-0.25, -0.2) is 0 Å². The summed E-state index contributed by atoms with van der Waals surface area (Å²) in [7, 11) is 1.00. The number of carboxylic acids is 3. The van der Waals surface area contributed by atoms with Gasteiger partial charge >= 0.3 is 38.6 Å². The van der Waals surface area contributed by atoms with Crippen LogP contribution in [0.2, 0.25) is 0 Å². The molecule has 0 saturated heterocycles. The van der Waals surface area contributed by atoms with Crippen LogP contribution in [0.3, 0.4) is 0 Å². The Morgan fingerprint density at radius 2 is 0.333 bits per heavy atom. The van der Waals surface area contributed by atoms with Crippen LogP contribution in [0, 0.1) is 163 Å². The fraction of sp³-hybridized carbons (Fsp3) is 0.202. The predicted octanol–water partition coefficient (Wildman–Crippen LogP) is 11.9. The fourth-order valence-electron chi connectivity index (χ4n) is 16.3. The van der Waals surface area contributed by atoms with E-state index in [4.69, 9.17) is 5.11 Å². The van der Waals surface area contributed by atoms with Gasteiger partial charge in [0.2, 0.25) is 20.1 Å². The van der Waals surface area contributed by atoms with E-state index in [1.807, 2.05) is 36.4 Å². The Bertz CT molecular complexity index is 4310. The Kier molecular flexibility index (Phi) is 27.5. The maximum atomic E-state index is 11.1. The zero-order valence-corrected chi connectivity index (χ0v) is 66.4. The van der Waals surface area contributed by atoms with E-state index in [-0.39, 0.29) is 75.4 Å². The van der Waals surface area contributed by atoms with E-state index < -0.39 is 17.9 Å². The Morgan fingerprint density at radius 1 is 0.219 bits per heavy atom. The number of carbonyl (C=O) groups is 3. The minimum absolute atomic E-state index is 0. The monoisotopic (exact) mass is 1530 g/mol. The van der Waals surface area contributed by atoms with Gasteiger partial charge < -0.3 is 34.8 Å². The smallest absolute Gasteiger partial charge is 0.545 e. The van der Waals surface area contributed by atoms with Gasteiger partial charge in [0, 0.05) is 7.11 Å². The van der Waals surface area contributed by atoms with Crippen LogP contribution in [0.1, 0.15) is 131 Å². The van der Waals surface area contributed by atoms with Crippen LogP contribution in [-0.2, 0) is 0 Å². The van der Waals surface area contributed by atoms with E-state index in [1.54, 1.807) is 36.4 Å². The van der Waals surface area contributed by atoms with Gasteiger partial charge in [-0.2, -0.15) is 0 Å². The van der Waals surface area contributed by atoms with Gasteiger partial charge in [-0.05, 0) is 175 Å². The second-order valence-corrected chi connectivity index (χ2v) is 28.6. The first-order valence-corrected chi connectivity index (χ1v) is 35.6. The van der Waals surface area contributed by atoms with Crippen molar-refractivity contribution < 1.29 is 73.4 Å². The van der Waals surface area contributed by atoms with Crippen LogP contribution in [-0.4, -0.2) is 50.3 Å². The largest absolute Gasteiger partial charge is 3.00 e. The number of rotatable bonds is 15. The number of aromatic carboxylic acids is 3. The van der Waals surface area contributed by atoms with E-state index >= 15 is 0 Å². The second-order valence-electron chi connectivity index (χ2n) is 28.6. The summed E-state index contributed by atoms with van der Waals surface area (Å²) in [5.74, 6) is -3.47. The molecule has 0 aromatic heterocycles. The molecule has 0 spiro atoms. The van der Waals surface area contributed by atoms with Crippen LogP contribution in [0.25, 0.3) is 33.4 Å². The molecule has 0 radical (unpaired) electrons. The summed E-state index contributed by atoms with van der Waals surface area (Å²) < 4.78 is 0. The first-order valence-electron chi connectivity index (χ1n) is 35.6. The van der Waals surface area contributed by atoms with Crippen LogP contribution in [0.4, 0.5) is 0 Å². The van der Waals surface area contributed by atoms with E-state index in [2.05, 4.69) is 270 Å². The maximum absolute atomic E-state index is 11.1. The second kappa shape index (κ2) is 35.5. The molecule has 11 heteroatoms. The molecule has 0 aliphatic heterocycles. The minimum atomic E-state index is -1.16. The molecule has 12 aromatic rings. The van der Waals surface area contributed by atoms with E-state index in [9.17, 15) is 29.7 Å².